The zero-order chi connectivity index (χ0) is 11.5. The van der Waals surface area contributed by atoms with Crippen molar-refractivity contribution >= 4 is 11.6 Å². The quantitative estimate of drug-likeness (QED) is 0.521. The van der Waals surface area contributed by atoms with E-state index >= 15 is 0 Å². The zero-order valence-electron chi connectivity index (χ0n) is 9.70. The summed E-state index contributed by atoms with van der Waals surface area (Å²) in [5.41, 5.74) is 2.67. The minimum absolute atomic E-state index is 0.182. The van der Waals surface area contributed by atoms with E-state index in [0.29, 0.717) is 11.9 Å². The van der Waals surface area contributed by atoms with Crippen molar-refractivity contribution in [2.75, 3.05) is 10.7 Å². The van der Waals surface area contributed by atoms with Crippen molar-refractivity contribution in [3.8, 4) is 0 Å². The highest BCUT2D eigenvalue weighted by Crippen LogP contribution is 2.22. The van der Waals surface area contributed by atoms with E-state index in [1.807, 2.05) is 0 Å². The Labute approximate surface area is 90.5 Å². The summed E-state index contributed by atoms with van der Waals surface area (Å²) < 4.78 is 0. The Balaban J connectivity index is 2.72. The topological polar surface area (TPSA) is 75.9 Å². The number of anilines is 2. The molecule has 1 atom stereocenters. The molecule has 0 fully saturated rings. The SMILES string of the molecule is CC(Nc1cc(NN)ncn1)C(C)(C)C. The molecule has 1 aromatic heterocycles. The summed E-state index contributed by atoms with van der Waals surface area (Å²) in [7, 11) is 0. The first-order valence-electron chi connectivity index (χ1n) is 4.98. The molecule has 4 N–H and O–H groups in total. The van der Waals surface area contributed by atoms with Crippen LogP contribution < -0.4 is 16.6 Å². The molecule has 0 aliphatic carbocycles. The van der Waals surface area contributed by atoms with Gasteiger partial charge in [0.15, 0.2) is 0 Å². The van der Waals surface area contributed by atoms with Crippen LogP contribution in [-0.4, -0.2) is 16.0 Å². The fraction of sp³-hybridized carbons (Fsp3) is 0.600. The lowest BCUT2D eigenvalue weighted by Crippen LogP contribution is -2.31. The zero-order valence-corrected chi connectivity index (χ0v) is 9.70. The second kappa shape index (κ2) is 4.44. The van der Waals surface area contributed by atoms with E-state index in [9.17, 15) is 0 Å². The molecule has 0 spiro atoms. The number of aromatic nitrogens is 2. The summed E-state index contributed by atoms with van der Waals surface area (Å²) >= 11 is 0. The van der Waals surface area contributed by atoms with E-state index in [-0.39, 0.29) is 5.41 Å². The van der Waals surface area contributed by atoms with Crippen LogP contribution in [0.1, 0.15) is 27.7 Å². The smallest absolute Gasteiger partial charge is 0.145 e. The fourth-order valence-electron chi connectivity index (χ4n) is 0.954. The van der Waals surface area contributed by atoms with Gasteiger partial charge in [0.1, 0.15) is 18.0 Å². The first-order valence-corrected chi connectivity index (χ1v) is 4.98. The van der Waals surface area contributed by atoms with Crippen LogP contribution in [0.5, 0.6) is 0 Å². The van der Waals surface area contributed by atoms with Crippen LogP contribution in [0.3, 0.4) is 0 Å². The minimum atomic E-state index is 0.182. The molecule has 0 saturated heterocycles. The maximum atomic E-state index is 5.27. The molecule has 5 heteroatoms. The van der Waals surface area contributed by atoms with Crippen LogP contribution in [-0.2, 0) is 0 Å². The maximum Gasteiger partial charge on any atom is 0.145 e. The van der Waals surface area contributed by atoms with Crippen LogP contribution in [0.15, 0.2) is 12.4 Å². The largest absolute Gasteiger partial charge is 0.367 e. The molecule has 5 nitrogen and oxygen atoms in total. The Morgan fingerprint density at radius 3 is 2.40 bits per heavy atom. The summed E-state index contributed by atoms with van der Waals surface area (Å²) in [6.07, 6.45) is 1.48. The summed E-state index contributed by atoms with van der Waals surface area (Å²) in [6, 6.07) is 2.10. The van der Waals surface area contributed by atoms with Gasteiger partial charge in [-0.1, -0.05) is 20.8 Å². The minimum Gasteiger partial charge on any atom is -0.367 e. The van der Waals surface area contributed by atoms with Gasteiger partial charge in [-0.25, -0.2) is 15.8 Å². The van der Waals surface area contributed by atoms with Gasteiger partial charge in [-0.05, 0) is 12.3 Å². The second-order valence-electron chi connectivity index (χ2n) is 4.66. The number of hydrogen-bond acceptors (Lipinski definition) is 5. The highest BCUT2D eigenvalue weighted by Gasteiger charge is 2.19. The Bertz CT molecular complexity index is 318. The van der Waals surface area contributed by atoms with Gasteiger partial charge >= 0.3 is 0 Å². The molecule has 0 bridgehead atoms. The van der Waals surface area contributed by atoms with Gasteiger partial charge in [-0.15, -0.1) is 0 Å². The van der Waals surface area contributed by atoms with E-state index in [1.54, 1.807) is 6.07 Å². The van der Waals surface area contributed by atoms with Crippen molar-refractivity contribution in [3.63, 3.8) is 0 Å². The molecule has 1 rings (SSSR count). The summed E-state index contributed by atoms with van der Waals surface area (Å²) in [5.74, 6) is 6.65. The molecular formula is C10H19N5. The average Bonchev–Trinajstić information content (AvgIpc) is 2.16. The van der Waals surface area contributed by atoms with Crippen molar-refractivity contribution < 1.29 is 0 Å². The van der Waals surface area contributed by atoms with E-state index in [4.69, 9.17) is 5.84 Å². The Morgan fingerprint density at radius 1 is 1.27 bits per heavy atom. The Morgan fingerprint density at radius 2 is 1.87 bits per heavy atom. The Kier molecular flexibility index (Phi) is 3.47. The molecule has 15 heavy (non-hydrogen) atoms. The summed E-state index contributed by atoms with van der Waals surface area (Å²) in [6.45, 7) is 8.65. The van der Waals surface area contributed by atoms with Gasteiger partial charge in [0.25, 0.3) is 0 Å². The van der Waals surface area contributed by atoms with Gasteiger partial charge in [-0.2, -0.15) is 0 Å². The number of hydrazine groups is 1. The van der Waals surface area contributed by atoms with Crippen LogP contribution in [0, 0.1) is 5.41 Å². The molecule has 0 aromatic carbocycles. The molecule has 84 valence electrons. The average molecular weight is 209 g/mol. The van der Waals surface area contributed by atoms with Crippen LogP contribution >= 0.6 is 0 Å². The summed E-state index contributed by atoms with van der Waals surface area (Å²) in [4.78, 5) is 8.06. The van der Waals surface area contributed by atoms with Crippen molar-refractivity contribution in [1.29, 1.82) is 0 Å². The van der Waals surface area contributed by atoms with Gasteiger partial charge in [-0.3, -0.25) is 0 Å². The van der Waals surface area contributed by atoms with Crippen LogP contribution in [0.4, 0.5) is 11.6 Å². The van der Waals surface area contributed by atoms with Crippen LogP contribution in [0.2, 0.25) is 0 Å². The van der Waals surface area contributed by atoms with Crippen LogP contribution in [0.25, 0.3) is 0 Å². The highest BCUT2D eigenvalue weighted by molar-refractivity contribution is 5.46. The number of nitrogen functional groups attached to an aromatic ring is 1. The third-order valence-corrected chi connectivity index (χ3v) is 2.48. The number of hydrogen-bond donors (Lipinski definition) is 3. The predicted molar refractivity (Wildman–Crippen MR) is 62.4 cm³/mol. The van der Waals surface area contributed by atoms with Gasteiger partial charge < -0.3 is 10.7 Å². The first kappa shape index (κ1) is 11.7. The number of nitrogens with zero attached hydrogens (tertiary/aromatic N) is 2. The predicted octanol–water partition coefficient (Wildman–Crippen LogP) is 1.61. The van der Waals surface area contributed by atoms with Gasteiger partial charge in [0.2, 0.25) is 0 Å². The first-order chi connectivity index (χ1) is 6.93. The third-order valence-electron chi connectivity index (χ3n) is 2.48. The molecule has 1 aromatic rings. The van der Waals surface area contributed by atoms with Crippen molar-refractivity contribution in [1.82, 2.24) is 9.97 Å². The molecule has 0 aliphatic heterocycles. The van der Waals surface area contributed by atoms with Gasteiger partial charge in [0.05, 0.1) is 0 Å². The standard InChI is InChI=1S/C10H19N5/c1-7(10(2,3)4)14-8-5-9(15-11)13-6-12-8/h5-7H,11H2,1-4H3,(H2,12,13,14,15). The highest BCUT2D eigenvalue weighted by atomic mass is 15.3. The van der Waals surface area contributed by atoms with Crippen molar-refractivity contribution in [2.24, 2.45) is 11.3 Å². The molecular weight excluding hydrogens is 190 g/mol. The molecule has 1 heterocycles. The third kappa shape index (κ3) is 3.36. The number of rotatable bonds is 3. The van der Waals surface area contributed by atoms with Crippen molar-refractivity contribution in [3.05, 3.63) is 12.4 Å². The number of nitrogens with two attached hydrogens (primary N) is 1. The lowest BCUT2D eigenvalue weighted by atomic mass is 9.88. The second-order valence-corrected chi connectivity index (χ2v) is 4.66. The Hall–Kier alpha value is -1.36. The van der Waals surface area contributed by atoms with E-state index in [2.05, 4.69) is 48.4 Å². The molecule has 1 unspecified atom stereocenters. The lowest BCUT2D eigenvalue weighted by Gasteiger charge is -2.28. The molecule has 0 aliphatic rings. The lowest BCUT2D eigenvalue weighted by molar-refractivity contribution is 0.358. The van der Waals surface area contributed by atoms with E-state index < -0.39 is 0 Å². The molecule has 0 saturated carbocycles. The molecule has 0 amide bonds. The van der Waals surface area contributed by atoms with Gasteiger partial charge in [0, 0.05) is 12.1 Å². The summed E-state index contributed by atoms with van der Waals surface area (Å²) in [5, 5.41) is 3.31. The normalized spacial score (nSPS) is 13.4. The van der Waals surface area contributed by atoms with Crippen molar-refractivity contribution in [2.45, 2.75) is 33.7 Å². The maximum absolute atomic E-state index is 5.27. The number of nitrogens with one attached hydrogen (secondary N) is 2. The molecule has 0 radical (unpaired) electrons. The fourth-order valence-corrected chi connectivity index (χ4v) is 0.954. The van der Waals surface area contributed by atoms with E-state index in [1.165, 1.54) is 6.33 Å². The van der Waals surface area contributed by atoms with E-state index in [0.717, 1.165) is 5.82 Å². The monoisotopic (exact) mass is 209 g/mol.